The van der Waals surface area contributed by atoms with Crippen LogP contribution in [0.5, 0.6) is 5.75 Å². The number of quaternary nitrogens is 1. The van der Waals surface area contributed by atoms with Gasteiger partial charge in [0.05, 0.1) is 18.2 Å². The van der Waals surface area contributed by atoms with E-state index in [0.717, 1.165) is 44.6 Å². The van der Waals surface area contributed by atoms with Gasteiger partial charge in [0.2, 0.25) is 0 Å². The van der Waals surface area contributed by atoms with E-state index in [1.165, 1.54) is 0 Å². The van der Waals surface area contributed by atoms with Crippen LogP contribution in [-0.2, 0) is 0 Å². The lowest BCUT2D eigenvalue weighted by molar-refractivity contribution is -0.950. The molecule has 0 bridgehead atoms. The standard InChI is InChI=1S/C23H25N3O3/c1-18(27)20-9-11-22(12-10-20)29-16-4-15-26(13-2-3-14-26)25-23(28)21-7-5-19(17-24)6-8-21/h5-12H,2-4,13-16H2,1H3/p+1. The summed E-state index contributed by atoms with van der Waals surface area (Å²) in [6.07, 6.45) is 2.98. The molecule has 3 rings (SSSR count). The molecule has 150 valence electrons. The molecule has 1 aliphatic rings. The van der Waals surface area contributed by atoms with Crippen LogP contribution in [0.1, 0.15) is 52.5 Å². The average molecular weight is 392 g/mol. The van der Waals surface area contributed by atoms with Crippen LogP contribution < -0.4 is 10.2 Å². The van der Waals surface area contributed by atoms with Crippen molar-refractivity contribution in [2.24, 2.45) is 0 Å². The quantitative estimate of drug-likeness (QED) is 0.424. The van der Waals surface area contributed by atoms with Gasteiger partial charge in [-0.25, -0.2) is 4.59 Å². The van der Waals surface area contributed by atoms with E-state index < -0.39 is 0 Å². The molecule has 2 aromatic carbocycles. The first-order valence-corrected chi connectivity index (χ1v) is 9.94. The molecule has 6 heteroatoms. The molecular weight excluding hydrogens is 366 g/mol. The topological polar surface area (TPSA) is 79.2 Å². The molecule has 2 aromatic rings. The fourth-order valence-electron chi connectivity index (χ4n) is 3.65. The Bertz CT molecular complexity index is 892. The highest BCUT2D eigenvalue weighted by Gasteiger charge is 2.34. The van der Waals surface area contributed by atoms with Crippen molar-refractivity contribution in [3.05, 3.63) is 65.2 Å². The number of Topliss-reactive ketones (excluding diaryl/α,β-unsaturated/α-hetero) is 1. The Hall–Kier alpha value is -3.17. The first-order valence-electron chi connectivity index (χ1n) is 9.94. The molecule has 0 saturated carbocycles. The molecule has 1 fully saturated rings. The normalized spacial score (nSPS) is 14.8. The predicted octanol–water partition coefficient (Wildman–Crippen LogP) is 3.49. The lowest BCUT2D eigenvalue weighted by atomic mass is 10.1. The number of likely N-dealkylation sites (tertiary alicyclic amines) is 1. The highest BCUT2D eigenvalue weighted by Crippen LogP contribution is 2.19. The number of ether oxygens (including phenoxy) is 1. The number of ketones is 1. The van der Waals surface area contributed by atoms with Crippen molar-refractivity contribution >= 4 is 11.7 Å². The summed E-state index contributed by atoms with van der Waals surface area (Å²) in [4.78, 5) is 24.0. The molecule has 1 saturated heterocycles. The summed E-state index contributed by atoms with van der Waals surface area (Å²) in [7, 11) is 0. The second-order valence-electron chi connectivity index (χ2n) is 7.44. The Morgan fingerprint density at radius 2 is 1.66 bits per heavy atom. The monoisotopic (exact) mass is 392 g/mol. The minimum absolute atomic E-state index is 0.0371. The van der Waals surface area contributed by atoms with Crippen LogP contribution in [0.2, 0.25) is 0 Å². The van der Waals surface area contributed by atoms with Crippen molar-refractivity contribution in [1.82, 2.24) is 5.43 Å². The Balaban J connectivity index is 1.53. The van der Waals surface area contributed by atoms with Crippen LogP contribution in [0.3, 0.4) is 0 Å². The summed E-state index contributed by atoms with van der Waals surface area (Å²) >= 11 is 0. The summed E-state index contributed by atoms with van der Waals surface area (Å²) in [5, 5.41) is 8.90. The maximum absolute atomic E-state index is 12.7. The van der Waals surface area contributed by atoms with Crippen LogP contribution in [0.25, 0.3) is 0 Å². The van der Waals surface area contributed by atoms with Gasteiger partial charge in [-0.1, -0.05) is 0 Å². The van der Waals surface area contributed by atoms with Gasteiger partial charge in [0, 0.05) is 30.4 Å². The second kappa shape index (κ2) is 9.35. The Labute approximate surface area is 171 Å². The van der Waals surface area contributed by atoms with Crippen LogP contribution >= 0.6 is 0 Å². The van der Waals surface area contributed by atoms with Crippen molar-refractivity contribution in [2.75, 3.05) is 26.2 Å². The molecule has 29 heavy (non-hydrogen) atoms. The first-order chi connectivity index (χ1) is 14.0. The fraction of sp³-hybridized carbons (Fsp3) is 0.348. The number of nitriles is 1. The van der Waals surface area contributed by atoms with Gasteiger partial charge in [-0.15, -0.1) is 0 Å². The molecule has 1 amide bonds. The average Bonchev–Trinajstić information content (AvgIpc) is 3.20. The van der Waals surface area contributed by atoms with E-state index in [0.29, 0.717) is 27.9 Å². The largest absolute Gasteiger partial charge is 0.493 e. The summed E-state index contributed by atoms with van der Waals surface area (Å²) in [6.45, 7) is 4.71. The number of amides is 1. The predicted molar refractivity (Wildman–Crippen MR) is 109 cm³/mol. The second-order valence-corrected chi connectivity index (χ2v) is 7.44. The van der Waals surface area contributed by atoms with Crippen molar-refractivity contribution in [3.63, 3.8) is 0 Å². The van der Waals surface area contributed by atoms with E-state index >= 15 is 0 Å². The molecule has 0 radical (unpaired) electrons. The van der Waals surface area contributed by atoms with Crippen LogP contribution in [0.15, 0.2) is 48.5 Å². The number of carbonyl (C=O) groups is 2. The van der Waals surface area contributed by atoms with E-state index in [1.54, 1.807) is 43.3 Å². The zero-order chi connectivity index (χ0) is 20.7. The number of carbonyl (C=O) groups excluding carboxylic acids is 2. The third-order valence-corrected chi connectivity index (χ3v) is 5.30. The van der Waals surface area contributed by atoms with Gasteiger partial charge in [-0.2, -0.15) is 10.7 Å². The number of hydrogen-bond donors (Lipinski definition) is 1. The lowest BCUT2D eigenvalue weighted by Crippen LogP contribution is -2.59. The summed E-state index contributed by atoms with van der Waals surface area (Å²) in [6, 6.07) is 15.9. The molecule has 0 atom stereocenters. The van der Waals surface area contributed by atoms with Gasteiger partial charge in [0.1, 0.15) is 25.4 Å². The number of benzene rings is 2. The van der Waals surface area contributed by atoms with Crippen LogP contribution in [-0.4, -0.2) is 42.5 Å². The molecule has 1 heterocycles. The molecule has 1 aliphatic heterocycles. The molecule has 0 aliphatic carbocycles. The van der Waals surface area contributed by atoms with Crippen molar-refractivity contribution < 1.29 is 18.9 Å². The smallest absolute Gasteiger partial charge is 0.295 e. The SMILES string of the molecule is CC(=O)c1ccc(OCCC[N+]2(NC(=O)c3ccc(C#N)cc3)CCCC2)cc1. The van der Waals surface area contributed by atoms with Gasteiger partial charge in [0.25, 0.3) is 5.91 Å². The van der Waals surface area contributed by atoms with Gasteiger partial charge in [-0.3, -0.25) is 9.59 Å². The summed E-state index contributed by atoms with van der Waals surface area (Å²) in [5.41, 5.74) is 4.96. The molecule has 0 aromatic heterocycles. The lowest BCUT2D eigenvalue weighted by Gasteiger charge is -2.33. The maximum atomic E-state index is 12.7. The zero-order valence-electron chi connectivity index (χ0n) is 16.7. The van der Waals surface area contributed by atoms with Crippen molar-refractivity contribution in [3.8, 4) is 11.8 Å². The van der Waals surface area contributed by atoms with E-state index in [-0.39, 0.29) is 11.7 Å². The highest BCUT2D eigenvalue weighted by molar-refractivity contribution is 5.94. The zero-order valence-corrected chi connectivity index (χ0v) is 16.7. The van der Waals surface area contributed by atoms with E-state index in [2.05, 4.69) is 11.5 Å². The first kappa shape index (κ1) is 20.6. The number of hydrogen-bond acceptors (Lipinski definition) is 4. The van der Waals surface area contributed by atoms with Gasteiger partial charge in [0.15, 0.2) is 5.78 Å². The minimum atomic E-state index is -0.114. The number of nitrogens with zero attached hydrogens (tertiary/aromatic N) is 2. The third-order valence-electron chi connectivity index (χ3n) is 5.30. The Kier molecular flexibility index (Phi) is 6.63. The van der Waals surface area contributed by atoms with Crippen molar-refractivity contribution in [1.29, 1.82) is 5.26 Å². The van der Waals surface area contributed by atoms with Crippen LogP contribution in [0, 0.1) is 11.3 Å². The van der Waals surface area contributed by atoms with Gasteiger partial charge in [-0.05, 0) is 55.5 Å². The van der Waals surface area contributed by atoms with Gasteiger partial charge >= 0.3 is 0 Å². The molecule has 6 nitrogen and oxygen atoms in total. The molecule has 1 N–H and O–H groups in total. The minimum Gasteiger partial charge on any atom is -0.493 e. The number of nitrogens with one attached hydrogen (secondary N) is 1. The maximum Gasteiger partial charge on any atom is 0.295 e. The Morgan fingerprint density at radius 1 is 1.03 bits per heavy atom. The van der Waals surface area contributed by atoms with Crippen molar-refractivity contribution in [2.45, 2.75) is 26.2 Å². The van der Waals surface area contributed by atoms with E-state index in [4.69, 9.17) is 10.00 Å². The molecule has 0 unspecified atom stereocenters. The summed E-state index contributed by atoms with van der Waals surface area (Å²) < 4.78 is 6.36. The van der Waals surface area contributed by atoms with Gasteiger partial charge < -0.3 is 4.74 Å². The molecular formula is C23H26N3O3+. The summed E-state index contributed by atoms with van der Waals surface area (Å²) in [5.74, 6) is 0.664. The Morgan fingerprint density at radius 3 is 2.24 bits per heavy atom. The molecule has 0 spiro atoms. The fourth-order valence-corrected chi connectivity index (χ4v) is 3.65. The highest BCUT2D eigenvalue weighted by atomic mass is 16.5. The number of rotatable bonds is 8. The van der Waals surface area contributed by atoms with E-state index in [9.17, 15) is 9.59 Å². The third kappa shape index (κ3) is 5.43. The van der Waals surface area contributed by atoms with Crippen LogP contribution in [0.4, 0.5) is 0 Å². The van der Waals surface area contributed by atoms with E-state index in [1.807, 2.05) is 12.1 Å².